The summed E-state index contributed by atoms with van der Waals surface area (Å²) in [4.78, 5) is 0. The first-order valence-electron chi connectivity index (χ1n) is 6.13. The minimum absolute atomic E-state index is 0.264. The van der Waals surface area contributed by atoms with E-state index >= 15 is 0 Å². The smallest absolute Gasteiger partial charge is 0.175 e. The number of nitrogens with zero attached hydrogens (tertiary/aromatic N) is 2. The van der Waals surface area contributed by atoms with Crippen LogP contribution in [0.5, 0.6) is 11.5 Å². The van der Waals surface area contributed by atoms with Crippen LogP contribution >= 0.6 is 15.9 Å². The molecule has 0 atom stereocenters. The quantitative estimate of drug-likeness (QED) is 0.867. The average Bonchev–Trinajstić information content (AvgIpc) is 2.83. The molecule has 1 aromatic heterocycles. The first-order chi connectivity index (χ1) is 9.65. The second-order valence-electron chi connectivity index (χ2n) is 4.23. The fraction of sp³-hybridized carbons (Fsp3) is 0.385. The van der Waals surface area contributed by atoms with Gasteiger partial charge < -0.3 is 15.2 Å². The average molecular weight is 342 g/mol. The first-order valence-corrected chi connectivity index (χ1v) is 6.92. The highest BCUT2D eigenvalue weighted by molar-refractivity contribution is 9.10. The van der Waals surface area contributed by atoms with E-state index in [4.69, 9.17) is 15.2 Å². The summed E-state index contributed by atoms with van der Waals surface area (Å²) in [5, 5.41) is 7.49. The Morgan fingerprint density at radius 3 is 2.75 bits per heavy atom. The maximum absolute atomic E-state index is 5.75. The number of hydrogen-bond donors (Lipinski definition) is 1. The molecule has 6 nitrogen and oxygen atoms in total. The molecule has 0 radical (unpaired) electrons. The van der Waals surface area contributed by atoms with Gasteiger partial charge in [-0.15, -0.1) is 0 Å². The summed E-state index contributed by atoms with van der Waals surface area (Å²) in [7, 11) is 1.60. The van der Waals surface area contributed by atoms with Gasteiger partial charge in [0.05, 0.1) is 11.6 Å². The lowest BCUT2D eigenvalue weighted by Crippen LogP contribution is -2.04. The number of benzene rings is 1. The van der Waals surface area contributed by atoms with Crippen molar-refractivity contribution >= 4 is 15.9 Å². The predicted octanol–water partition coefficient (Wildman–Crippen LogP) is 2.23. The molecule has 2 rings (SSSR count). The van der Waals surface area contributed by atoms with Crippen LogP contribution in [0.1, 0.15) is 17.0 Å². The van der Waals surface area contributed by atoms with Gasteiger partial charge in [-0.25, -0.2) is 4.63 Å². The van der Waals surface area contributed by atoms with Crippen LogP contribution in [0.15, 0.2) is 21.2 Å². The van der Waals surface area contributed by atoms with Gasteiger partial charge in [-0.05, 0) is 53.5 Å². The van der Waals surface area contributed by atoms with Crippen LogP contribution in [0.2, 0.25) is 0 Å². The van der Waals surface area contributed by atoms with Crippen molar-refractivity contribution in [1.82, 2.24) is 10.3 Å². The molecule has 20 heavy (non-hydrogen) atoms. The van der Waals surface area contributed by atoms with Crippen molar-refractivity contribution in [3.63, 3.8) is 0 Å². The molecule has 7 heteroatoms. The van der Waals surface area contributed by atoms with Gasteiger partial charge >= 0.3 is 0 Å². The summed E-state index contributed by atoms with van der Waals surface area (Å²) >= 11 is 3.49. The van der Waals surface area contributed by atoms with Crippen LogP contribution in [0.25, 0.3) is 0 Å². The molecule has 0 amide bonds. The number of hydrogen-bond acceptors (Lipinski definition) is 6. The van der Waals surface area contributed by atoms with Gasteiger partial charge in [0.1, 0.15) is 18.0 Å². The number of aromatic nitrogens is 2. The third kappa shape index (κ3) is 3.29. The second-order valence-corrected chi connectivity index (χ2v) is 5.09. The molecule has 2 N–H and O–H groups in total. The normalized spacial score (nSPS) is 10.6. The Labute approximate surface area is 125 Å². The Morgan fingerprint density at radius 2 is 2.15 bits per heavy atom. The minimum Gasteiger partial charge on any atom is -0.493 e. The molecule has 1 aromatic carbocycles. The van der Waals surface area contributed by atoms with E-state index in [1.807, 2.05) is 19.1 Å². The molecule has 0 aliphatic rings. The van der Waals surface area contributed by atoms with E-state index in [9.17, 15) is 0 Å². The highest BCUT2D eigenvalue weighted by Crippen LogP contribution is 2.37. The third-order valence-corrected chi connectivity index (χ3v) is 3.41. The number of rotatable bonds is 6. The van der Waals surface area contributed by atoms with Crippen molar-refractivity contribution < 1.29 is 14.1 Å². The Balaban J connectivity index is 2.20. The highest BCUT2D eigenvalue weighted by atomic mass is 79.9. The molecular formula is C13H16BrN3O3. The lowest BCUT2D eigenvalue weighted by atomic mass is 10.1. The molecule has 0 aliphatic heterocycles. The standard InChI is InChI=1S/C13H16BrN3O3/c1-8-11(17-20-16-8)7-19-13-10(14)5-9(3-4-15)6-12(13)18-2/h5-6H,3-4,7,15H2,1-2H3. The number of aryl methyl sites for hydroxylation is 1. The summed E-state index contributed by atoms with van der Waals surface area (Å²) in [5.41, 5.74) is 8.02. The van der Waals surface area contributed by atoms with Gasteiger partial charge in [-0.2, -0.15) is 0 Å². The van der Waals surface area contributed by atoms with Crippen LogP contribution in [-0.2, 0) is 13.0 Å². The summed E-state index contributed by atoms with van der Waals surface area (Å²) in [6.45, 7) is 2.66. The molecule has 108 valence electrons. The van der Waals surface area contributed by atoms with Crippen LogP contribution in [0.4, 0.5) is 0 Å². The molecule has 0 unspecified atom stereocenters. The van der Waals surface area contributed by atoms with Gasteiger partial charge in [0.2, 0.25) is 0 Å². The van der Waals surface area contributed by atoms with Crippen molar-refractivity contribution in [2.24, 2.45) is 5.73 Å². The molecular weight excluding hydrogens is 326 g/mol. The van der Waals surface area contributed by atoms with Gasteiger partial charge in [0.15, 0.2) is 11.5 Å². The van der Waals surface area contributed by atoms with Crippen LogP contribution in [0, 0.1) is 6.92 Å². The zero-order valence-electron chi connectivity index (χ0n) is 11.4. The number of nitrogens with two attached hydrogens (primary N) is 1. The molecule has 0 fully saturated rings. The topological polar surface area (TPSA) is 83.4 Å². The number of ether oxygens (including phenoxy) is 2. The monoisotopic (exact) mass is 341 g/mol. The van der Waals surface area contributed by atoms with Gasteiger partial charge in [0.25, 0.3) is 0 Å². The Hall–Kier alpha value is -1.60. The van der Waals surface area contributed by atoms with E-state index < -0.39 is 0 Å². The van der Waals surface area contributed by atoms with Crippen LogP contribution in [0.3, 0.4) is 0 Å². The van der Waals surface area contributed by atoms with Crippen molar-refractivity contribution in [2.45, 2.75) is 20.0 Å². The summed E-state index contributed by atoms with van der Waals surface area (Å²) in [6.07, 6.45) is 0.779. The molecule has 2 aromatic rings. The Morgan fingerprint density at radius 1 is 1.35 bits per heavy atom. The highest BCUT2D eigenvalue weighted by Gasteiger charge is 2.14. The first kappa shape index (κ1) is 14.8. The maximum Gasteiger partial charge on any atom is 0.175 e. The SMILES string of the molecule is COc1cc(CCN)cc(Br)c1OCc1nonc1C. The molecule has 0 spiro atoms. The molecule has 0 bridgehead atoms. The summed E-state index contributed by atoms with van der Waals surface area (Å²) < 4.78 is 16.6. The zero-order chi connectivity index (χ0) is 14.5. The fourth-order valence-electron chi connectivity index (χ4n) is 1.75. The second kappa shape index (κ2) is 6.71. The summed E-state index contributed by atoms with van der Waals surface area (Å²) in [5.74, 6) is 1.27. The maximum atomic E-state index is 5.75. The van der Waals surface area contributed by atoms with Crippen LogP contribution < -0.4 is 15.2 Å². The van der Waals surface area contributed by atoms with Gasteiger partial charge in [-0.3, -0.25) is 0 Å². The largest absolute Gasteiger partial charge is 0.493 e. The van der Waals surface area contributed by atoms with Crippen LogP contribution in [-0.4, -0.2) is 24.0 Å². The predicted molar refractivity (Wildman–Crippen MR) is 76.8 cm³/mol. The molecule has 0 aliphatic carbocycles. The van der Waals surface area contributed by atoms with E-state index in [0.29, 0.717) is 29.4 Å². The zero-order valence-corrected chi connectivity index (χ0v) is 12.9. The van der Waals surface area contributed by atoms with Gasteiger partial charge in [-0.1, -0.05) is 10.3 Å². The number of methoxy groups -OCH3 is 1. The summed E-state index contributed by atoms with van der Waals surface area (Å²) in [6, 6.07) is 3.89. The minimum atomic E-state index is 0.264. The van der Waals surface area contributed by atoms with Crippen molar-refractivity contribution in [3.05, 3.63) is 33.6 Å². The molecule has 0 saturated carbocycles. The van der Waals surface area contributed by atoms with E-state index in [1.54, 1.807) is 7.11 Å². The fourth-order valence-corrected chi connectivity index (χ4v) is 2.35. The van der Waals surface area contributed by atoms with E-state index in [0.717, 1.165) is 16.5 Å². The number of halogens is 1. The Kier molecular flexibility index (Phi) is 4.97. The lowest BCUT2D eigenvalue weighted by molar-refractivity contribution is 0.259. The van der Waals surface area contributed by atoms with E-state index in [2.05, 4.69) is 30.9 Å². The van der Waals surface area contributed by atoms with Crippen molar-refractivity contribution in [3.8, 4) is 11.5 Å². The molecule has 0 saturated heterocycles. The van der Waals surface area contributed by atoms with E-state index in [1.165, 1.54) is 0 Å². The van der Waals surface area contributed by atoms with E-state index in [-0.39, 0.29) is 6.61 Å². The lowest BCUT2D eigenvalue weighted by Gasteiger charge is -2.13. The Bertz CT molecular complexity index is 586. The molecule has 1 heterocycles. The third-order valence-electron chi connectivity index (χ3n) is 2.82. The van der Waals surface area contributed by atoms with Gasteiger partial charge in [0, 0.05) is 0 Å². The van der Waals surface area contributed by atoms with Crippen molar-refractivity contribution in [2.75, 3.05) is 13.7 Å². The van der Waals surface area contributed by atoms with Crippen molar-refractivity contribution in [1.29, 1.82) is 0 Å².